The van der Waals surface area contributed by atoms with Crippen LogP contribution in [0.3, 0.4) is 0 Å². The SMILES string of the molecule is CCOCCNC(=NC)NCCSc1ccc(F)cc1. The first-order chi connectivity index (χ1) is 9.76. The third kappa shape index (κ3) is 7.35. The number of benzene rings is 1. The lowest BCUT2D eigenvalue weighted by Gasteiger charge is -2.11. The number of thioether (sulfide) groups is 1. The van der Waals surface area contributed by atoms with Crippen LogP contribution in [0.1, 0.15) is 6.92 Å². The predicted molar refractivity (Wildman–Crippen MR) is 83.0 cm³/mol. The zero-order chi connectivity index (χ0) is 14.6. The smallest absolute Gasteiger partial charge is 0.191 e. The number of hydrogen-bond acceptors (Lipinski definition) is 3. The van der Waals surface area contributed by atoms with Crippen molar-refractivity contribution < 1.29 is 9.13 Å². The van der Waals surface area contributed by atoms with E-state index in [1.807, 2.05) is 6.92 Å². The summed E-state index contributed by atoms with van der Waals surface area (Å²) < 4.78 is 18.0. The summed E-state index contributed by atoms with van der Waals surface area (Å²) in [5, 5.41) is 6.38. The normalized spacial score (nSPS) is 11.4. The zero-order valence-corrected chi connectivity index (χ0v) is 12.8. The largest absolute Gasteiger partial charge is 0.380 e. The van der Waals surface area contributed by atoms with Crippen molar-refractivity contribution >= 4 is 17.7 Å². The van der Waals surface area contributed by atoms with Crippen molar-refractivity contribution in [3.8, 4) is 0 Å². The van der Waals surface area contributed by atoms with Gasteiger partial charge in [0.2, 0.25) is 0 Å². The Hall–Kier alpha value is -1.27. The molecule has 4 nitrogen and oxygen atoms in total. The van der Waals surface area contributed by atoms with Gasteiger partial charge in [-0.3, -0.25) is 4.99 Å². The molecule has 0 atom stereocenters. The topological polar surface area (TPSA) is 45.6 Å². The second-order valence-corrected chi connectivity index (χ2v) is 5.09. The molecule has 0 unspecified atom stereocenters. The van der Waals surface area contributed by atoms with E-state index < -0.39 is 0 Å². The highest BCUT2D eigenvalue weighted by atomic mass is 32.2. The average Bonchev–Trinajstić information content (AvgIpc) is 2.47. The van der Waals surface area contributed by atoms with Gasteiger partial charge in [0.15, 0.2) is 5.96 Å². The molecule has 0 amide bonds. The Labute approximate surface area is 124 Å². The minimum Gasteiger partial charge on any atom is -0.380 e. The quantitative estimate of drug-likeness (QED) is 0.334. The maximum Gasteiger partial charge on any atom is 0.191 e. The van der Waals surface area contributed by atoms with Crippen LogP contribution in [-0.2, 0) is 4.74 Å². The second kappa shape index (κ2) is 10.5. The standard InChI is InChI=1S/C14H22FN3OS/c1-3-19-10-8-17-14(16-2)18-9-11-20-13-6-4-12(15)5-7-13/h4-7H,3,8-11H2,1-2H3,(H2,16,17,18). The van der Waals surface area contributed by atoms with Gasteiger partial charge in [0.1, 0.15) is 5.82 Å². The number of ether oxygens (including phenoxy) is 1. The summed E-state index contributed by atoms with van der Waals surface area (Å²) >= 11 is 1.68. The van der Waals surface area contributed by atoms with E-state index >= 15 is 0 Å². The first-order valence-electron chi connectivity index (χ1n) is 6.67. The molecule has 0 fully saturated rings. The lowest BCUT2D eigenvalue weighted by molar-refractivity contribution is 0.152. The molecule has 1 aromatic carbocycles. The Kier molecular flexibility index (Phi) is 8.82. The van der Waals surface area contributed by atoms with Crippen molar-refractivity contribution in [2.75, 3.05) is 39.1 Å². The van der Waals surface area contributed by atoms with Crippen LogP contribution in [-0.4, -0.2) is 45.1 Å². The van der Waals surface area contributed by atoms with E-state index in [0.717, 1.165) is 36.3 Å². The number of rotatable bonds is 8. The van der Waals surface area contributed by atoms with Crippen LogP contribution in [0.2, 0.25) is 0 Å². The van der Waals surface area contributed by atoms with E-state index in [1.54, 1.807) is 30.9 Å². The molecular formula is C14H22FN3OS. The van der Waals surface area contributed by atoms with Crippen LogP contribution < -0.4 is 10.6 Å². The van der Waals surface area contributed by atoms with Crippen LogP contribution in [0, 0.1) is 5.82 Å². The molecule has 0 spiro atoms. The molecule has 1 rings (SSSR count). The molecule has 0 bridgehead atoms. The lowest BCUT2D eigenvalue weighted by atomic mass is 10.4. The van der Waals surface area contributed by atoms with Gasteiger partial charge in [-0.25, -0.2) is 4.39 Å². The summed E-state index contributed by atoms with van der Waals surface area (Å²) in [7, 11) is 1.74. The molecule has 0 radical (unpaired) electrons. The van der Waals surface area contributed by atoms with Crippen molar-refractivity contribution in [1.29, 1.82) is 0 Å². The Bertz CT molecular complexity index is 398. The minimum absolute atomic E-state index is 0.202. The van der Waals surface area contributed by atoms with Gasteiger partial charge in [-0.1, -0.05) is 0 Å². The lowest BCUT2D eigenvalue weighted by Crippen LogP contribution is -2.39. The van der Waals surface area contributed by atoms with Gasteiger partial charge in [0.05, 0.1) is 6.61 Å². The number of halogens is 1. The van der Waals surface area contributed by atoms with Gasteiger partial charge in [0.25, 0.3) is 0 Å². The van der Waals surface area contributed by atoms with Crippen LogP contribution in [0.15, 0.2) is 34.2 Å². The van der Waals surface area contributed by atoms with Crippen LogP contribution in [0.5, 0.6) is 0 Å². The molecule has 0 heterocycles. The highest BCUT2D eigenvalue weighted by Crippen LogP contribution is 2.16. The Balaban J connectivity index is 2.13. The average molecular weight is 299 g/mol. The Morgan fingerprint density at radius 1 is 1.25 bits per heavy atom. The summed E-state index contributed by atoms with van der Waals surface area (Å²) in [6.45, 7) is 4.89. The van der Waals surface area contributed by atoms with Gasteiger partial charge >= 0.3 is 0 Å². The molecule has 1 aromatic rings. The fourth-order valence-corrected chi connectivity index (χ4v) is 2.24. The van der Waals surface area contributed by atoms with Crippen molar-refractivity contribution in [3.63, 3.8) is 0 Å². The van der Waals surface area contributed by atoms with Crippen molar-refractivity contribution in [1.82, 2.24) is 10.6 Å². The zero-order valence-electron chi connectivity index (χ0n) is 12.0. The molecular weight excluding hydrogens is 277 g/mol. The van der Waals surface area contributed by atoms with E-state index in [9.17, 15) is 4.39 Å². The second-order valence-electron chi connectivity index (χ2n) is 3.93. The van der Waals surface area contributed by atoms with E-state index in [0.29, 0.717) is 6.61 Å². The molecule has 0 saturated carbocycles. The summed E-state index contributed by atoms with van der Waals surface area (Å²) in [5.74, 6) is 1.45. The third-order valence-electron chi connectivity index (χ3n) is 2.44. The minimum atomic E-state index is -0.202. The Morgan fingerprint density at radius 3 is 2.60 bits per heavy atom. The van der Waals surface area contributed by atoms with Gasteiger partial charge in [-0.2, -0.15) is 0 Å². The van der Waals surface area contributed by atoms with Crippen molar-refractivity contribution in [2.24, 2.45) is 4.99 Å². The molecule has 6 heteroatoms. The fourth-order valence-electron chi connectivity index (χ4n) is 1.48. The van der Waals surface area contributed by atoms with Gasteiger partial charge in [-0.15, -0.1) is 11.8 Å². The van der Waals surface area contributed by atoms with Gasteiger partial charge in [-0.05, 0) is 31.2 Å². The maximum absolute atomic E-state index is 12.7. The summed E-state index contributed by atoms with van der Waals surface area (Å²) in [4.78, 5) is 5.18. The van der Waals surface area contributed by atoms with Crippen LogP contribution in [0.25, 0.3) is 0 Å². The number of hydrogen-bond donors (Lipinski definition) is 2. The van der Waals surface area contributed by atoms with E-state index in [-0.39, 0.29) is 5.82 Å². The van der Waals surface area contributed by atoms with E-state index in [2.05, 4.69) is 15.6 Å². The highest BCUT2D eigenvalue weighted by molar-refractivity contribution is 7.99. The third-order valence-corrected chi connectivity index (χ3v) is 3.46. The van der Waals surface area contributed by atoms with Gasteiger partial charge < -0.3 is 15.4 Å². The maximum atomic E-state index is 12.7. The number of aliphatic imine (C=N–C) groups is 1. The molecule has 112 valence electrons. The molecule has 0 aromatic heterocycles. The van der Waals surface area contributed by atoms with Crippen molar-refractivity contribution in [3.05, 3.63) is 30.1 Å². The molecule has 20 heavy (non-hydrogen) atoms. The summed E-state index contributed by atoms with van der Waals surface area (Å²) in [5.41, 5.74) is 0. The van der Waals surface area contributed by atoms with E-state index in [1.165, 1.54) is 12.1 Å². The van der Waals surface area contributed by atoms with E-state index in [4.69, 9.17) is 4.74 Å². The number of nitrogens with zero attached hydrogens (tertiary/aromatic N) is 1. The molecule has 0 aliphatic heterocycles. The molecule has 2 N–H and O–H groups in total. The monoisotopic (exact) mass is 299 g/mol. The summed E-state index contributed by atoms with van der Waals surface area (Å²) in [6.07, 6.45) is 0. The molecule has 0 aliphatic carbocycles. The van der Waals surface area contributed by atoms with Gasteiger partial charge in [0, 0.05) is 37.4 Å². The molecule has 0 aliphatic rings. The highest BCUT2D eigenvalue weighted by Gasteiger charge is 1.98. The fraction of sp³-hybridized carbons (Fsp3) is 0.500. The predicted octanol–water partition coefficient (Wildman–Crippen LogP) is 2.12. The number of nitrogens with one attached hydrogen (secondary N) is 2. The molecule has 0 saturated heterocycles. The van der Waals surface area contributed by atoms with Crippen LogP contribution >= 0.6 is 11.8 Å². The van der Waals surface area contributed by atoms with Crippen molar-refractivity contribution in [2.45, 2.75) is 11.8 Å². The van der Waals surface area contributed by atoms with Crippen LogP contribution in [0.4, 0.5) is 4.39 Å². The number of guanidine groups is 1. The summed E-state index contributed by atoms with van der Waals surface area (Å²) in [6, 6.07) is 6.53. The first-order valence-corrected chi connectivity index (χ1v) is 7.65. The first kappa shape index (κ1) is 16.8. The Morgan fingerprint density at radius 2 is 1.95 bits per heavy atom.